The van der Waals surface area contributed by atoms with Crippen molar-refractivity contribution in [2.45, 2.75) is 32.4 Å². The summed E-state index contributed by atoms with van der Waals surface area (Å²) in [6, 6.07) is 22.2. The molecule has 4 rings (SSSR count). The molecule has 4 aromatic rings. The number of rotatable bonds is 10. The van der Waals surface area contributed by atoms with Crippen molar-refractivity contribution in [3.05, 3.63) is 114 Å². The predicted octanol–water partition coefficient (Wildman–Crippen LogP) is 4.82. The Labute approximate surface area is 215 Å². The van der Waals surface area contributed by atoms with Crippen LogP contribution in [-0.4, -0.2) is 24.3 Å². The zero-order valence-electron chi connectivity index (χ0n) is 20.7. The number of carbonyl (C=O) groups excluding carboxylic acids is 3. The monoisotopic (exact) mass is 499 g/mol. The molecule has 8 heteroatoms. The smallest absolute Gasteiger partial charge is 0.287 e. The van der Waals surface area contributed by atoms with E-state index < -0.39 is 17.9 Å². The normalized spacial score (nSPS) is 11.6. The van der Waals surface area contributed by atoms with E-state index in [1.54, 1.807) is 30.3 Å². The van der Waals surface area contributed by atoms with E-state index in [4.69, 9.17) is 8.83 Å². The van der Waals surface area contributed by atoms with Gasteiger partial charge >= 0.3 is 0 Å². The summed E-state index contributed by atoms with van der Waals surface area (Å²) in [5.74, 6) is -0.388. The average molecular weight is 500 g/mol. The van der Waals surface area contributed by atoms with Gasteiger partial charge in [0.1, 0.15) is 11.8 Å². The highest BCUT2D eigenvalue weighted by atomic mass is 16.3. The number of carbonyl (C=O) groups is 3. The van der Waals surface area contributed by atoms with Crippen LogP contribution in [0.1, 0.15) is 53.2 Å². The SMILES string of the molecule is CC(C)c1ccc(N(C(=O)CNC(=O)c2ccco2)[C@@H](C(=O)NCc2ccco2)c2ccccc2)cc1. The Bertz CT molecular complexity index is 1300. The minimum Gasteiger partial charge on any atom is -0.467 e. The van der Waals surface area contributed by atoms with Crippen LogP contribution in [-0.2, 0) is 16.1 Å². The Morgan fingerprint density at radius 3 is 2.11 bits per heavy atom. The fourth-order valence-corrected chi connectivity index (χ4v) is 3.93. The summed E-state index contributed by atoms with van der Waals surface area (Å²) in [6.45, 7) is 3.99. The Morgan fingerprint density at radius 1 is 0.784 bits per heavy atom. The van der Waals surface area contributed by atoms with E-state index in [1.807, 2.05) is 42.5 Å². The van der Waals surface area contributed by atoms with Crippen molar-refractivity contribution in [1.29, 1.82) is 0 Å². The van der Waals surface area contributed by atoms with Crippen LogP contribution in [0.5, 0.6) is 0 Å². The fraction of sp³-hybridized carbons (Fsp3) is 0.207. The zero-order valence-corrected chi connectivity index (χ0v) is 20.7. The molecule has 3 amide bonds. The Hall–Kier alpha value is -4.59. The van der Waals surface area contributed by atoms with Gasteiger partial charge in [-0.05, 0) is 53.4 Å². The lowest BCUT2D eigenvalue weighted by Gasteiger charge is -2.32. The van der Waals surface area contributed by atoms with Crippen molar-refractivity contribution in [2.75, 3.05) is 11.4 Å². The van der Waals surface area contributed by atoms with E-state index in [0.29, 0.717) is 22.9 Å². The number of hydrogen-bond donors (Lipinski definition) is 2. The summed E-state index contributed by atoms with van der Waals surface area (Å²) in [5.41, 5.74) is 2.25. The quantitative estimate of drug-likeness (QED) is 0.326. The van der Waals surface area contributed by atoms with E-state index in [-0.39, 0.29) is 24.8 Å². The summed E-state index contributed by atoms with van der Waals surface area (Å²) in [5, 5.41) is 5.47. The summed E-state index contributed by atoms with van der Waals surface area (Å²) >= 11 is 0. The highest BCUT2D eigenvalue weighted by Crippen LogP contribution is 2.29. The molecule has 0 saturated heterocycles. The van der Waals surface area contributed by atoms with E-state index in [2.05, 4.69) is 24.5 Å². The van der Waals surface area contributed by atoms with Crippen molar-refractivity contribution < 1.29 is 23.2 Å². The third-order valence-corrected chi connectivity index (χ3v) is 5.89. The minimum atomic E-state index is -0.992. The first kappa shape index (κ1) is 25.5. The van der Waals surface area contributed by atoms with Gasteiger partial charge in [-0.25, -0.2) is 0 Å². The van der Waals surface area contributed by atoms with Crippen molar-refractivity contribution in [3.8, 4) is 0 Å². The first-order valence-electron chi connectivity index (χ1n) is 12.0. The number of nitrogens with zero attached hydrogens (tertiary/aromatic N) is 1. The molecule has 0 fully saturated rings. The second-order valence-corrected chi connectivity index (χ2v) is 8.78. The van der Waals surface area contributed by atoms with Gasteiger partial charge in [-0.2, -0.15) is 0 Å². The fourth-order valence-electron chi connectivity index (χ4n) is 3.93. The van der Waals surface area contributed by atoms with Crippen molar-refractivity contribution in [3.63, 3.8) is 0 Å². The minimum absolute atomic E-state index is 0.0939. The summed E-state index contributed by atoms with van der Waals surface area (Å²) in [4.78, 5) is 41.1. The van der Waals surface area contributed by atoms with Gasteiger partial charge in [0.15, 0.2) is 5.76 Å². The predicted molar refractivity (Wildman–Crippen MR) is 139 cm³/mol. The molecule has 2 aromatic carbocycles. The average Bonchev–Trinajstić information content (AvgIpc) is 3.64. The molecule has 37 heavy (non-hydrogen) atoms. The van der Waals surface area contributed by atoms with Gasteiger partial charge in [-0.3, -0.25) is 19.3 Å². The number of hydrogen-bond acceptors (Lipinski definition) is 5. The molecule has 8 nitrogen and oxygen atoms in total. The highest BCUT2D eigenvalue weighted by molar-refractivity contribution is 6.04. The molecule has 190 valence electrons. The largest absolute Gasteiger partial charge is 0.467 e. The van der Waals surface area contributed by atoms with Crippen LogP contribution in [0, 0.1) is 0 Å². The molecule has 0 radical (unpaired) electrons. The van der Waals surface area contributed by atoms with Crippen LogP contribution in [0.2, 0.25) is 0 Å². The van der Waals surface area contributed by atoms with E-state index >= 15 is 0 Å². The maximum absolute atomic E-state index is 13.7. The first-order chi connectivity index (χ1) is 17.9. The molecule has 1 atom stereocenters. The molecule has 0 aliphatic heterocycles. The molecule has 0 unspecified atom stereocenters. The van der Waals surface area contributed by atoms with Crippen LogP contribution in [0.15, 0.2) is 100 Å². The van der Waals surface area contributed by atoms with Crippen molar-refractivity contribution in [1.82, 2.24) is 10.6 Å². The Kier molecular flexibility index (Phi) is 8.20. The van der Waals surface area contributed by atoms with Gasteiger partial charge in [0.2, 0.25) is 11.8 Å². The Balaban J connectivity index is 1.67. The van der Waals surface area contributed by atoms with Gasteiger partial charge in [0.25, 0.3) is 5.91 Å². The first-order valence-corrected chi connectivity index (χ1v) is 12.0. The number of nitrogens with one attached hydrogen (secondary N) is 2. The molecule has 2 heterocycles. The lowest BCUT2D eigenvalue weighted by atomic mass is 10.0. The second-order valence-electron chi connectivity index (χ2n) is 8.78. The summed E-state index contributed by atoms with van der Waals surface area (Å²) < 4.78 is 10.5. The maximum Gasteiger partial charge on any atom is 0.287 e. The van der Waals surface area contributed by atoms with Crippen LogP contribution in [0.3, 0.4) is 0 Å². The van der Waals surface area contributed by atoms with Crippen molar-refractivity contribution >= 4 is 23.4 Å². The van der Waals surface area contributed by atoms with E-state index in [1.165, 1.54) is 23.5 Å². The molecule has 0 aliphatic carbocycles. The topological polar surface area (TPSA) is 105 Å². The van der Waals surface area contributed by atoms with Crippen LogP contribution in [0.25, 0.3) is 0 Å². The van der Waals surface area contributed by atoms with Gasteiger partial charge < -0.3 is 19.5 Å². The molecular formula is C29H29N3O5. The molecule has 2 aromatic heterocycles. The van der Waals surface area contributed by atoms with Gasteiger partial charge in [-0.15, -0.1) is 0 Å². The molecule has 2 N–H and O–H groups in total. The van der Waals surface area contributed by atoms with E-state index in [9.17, 15) is 14.4 Å². The van der Waals surface area contributed by atoms with Crippen LogP contribution in [0.4, 0.5) is 5.69 Å². The van der Waals surface area contributed by atoms with Gasteiger partial charge in [-0.1, -0.05) is 56.3 Å². The second kappa shape index (κ2) is 11.9. The molecule has 0 saturated carbocycles. The van der Waals surface area contributed by atoms with Crippen LogP contribution >= 0.6 is 0 Å². The number of furan rings is 2. The van der Waals surface area contributed by atoms with Gasteiger partial charge in [0, 0.05) is 5.69 Å². The lowest BCUT2D eigenvalue weighted by molar-refractivity contribution is -0.126. The van der Waals surface area contributed by atoms with Gasteiger partial charge in [0.05, 0.1) is 25.6 Å². The standard InChI is InChI=1S/C29H29N3O5/c1-20(2)21-12-14-23(15-13-21)32(26(33)19-31-28(34)25-11-7-17-37-25)27(22-8-4-3-5-9-22)29(35)30-18-24-10-6-16-36-24/h3-17,20,27H,18-19H2,1-2H3,(H,30,35)(H,31,34)/t27-/m1/s1. The molecule has 0 bridgehead atoms. The third-order valence-electron chi connectivity index (χ3n) is 5.89. The number of benzene rings is 2. The molecular weight excluding hydrogens is 470 g/mol. The number of amides is 3. The molecule has 0 spiro atoms. The molecule has 0 aliphatic rings. The van der Waals surface area contributed by atoms with Crippen LogP contribution < -0.4 is 15.5 Å². The highest BCUT2D eigenvalue weighted by Gasteiger charge is 2.33. The summed E-state index contributed by atoms with van der Waals surface area (Å²) in [6.07, 6.45) is 2.91. The summed E-state index contributed by atoms with van der Waals surface area (Å²) in [7, 11) is 0. The van der Waals surface area contributed by atoms with Crippen molar-refractivity contribution in [2.24, 2.45) is 0 Å². The Morgan fingerprint density at radius 2 is 1.49 bits per heavy atom. The maximum atomic E-state index is 13.7. The third kappa shape index (κ3) is 6.35. The lowest BCUT2D eigenvalue weighted by Crippen LogP contribution is -2.47. The van der Waals surface area contributed by atoms with E-state index in [0.717, 1.165) is 5.56 Å². The zero-order chi connectivity index (χ0) is 26.2. The number of anilines is 1.